The molecule has 0 aliphatic carbocycles. The first-order valence-electron chi connectivity index (χ1n) is 22.0. The van der Waals surface area contributed by atoms with Gasteiger partial charge in [0, 0.05) is 38.8 Å². The number of fused-ring (bicyclic) bond motifs is 6. The Kier molecular flexibility index (Phi) is 9.20. The van der Waals surface area contributed by atoms with Crippen LogP contribution in [-0.4, -0.2) is 4.57 Å². The first kappa shape index (κ1) is 37.3. The zero-order valence-electron chi connectivity index (χ0n) is 35.1. The zero-order valence-corrected chi connectivity index (χ0v) is 35.1. The molecule has 2 heteroatoms. The lowest BCUT2D eigenvalue weighted by molar-refractivity contribution is 1.19. The van der Waals surface area contributed by atoms with Crippen molar-refractivity contribution < 1.29 is 0 Å². The average Bonchev–Trinajstić information content (AvgIpc) is 3.72. The molecule has 300 valence electrons. The van der Waals surface area contributed by atoms with Crippen molar-refractivity contribution in [1.29, 1.82) is 0 Å². The molecule has 0 saturated carbocycles. The summed E-state index contributed by atoms with van der Waals surface area (Å²) in [6.45, 7) is 0. The number of hydrogen-bond donors (Lipinski definition) is 0. The smallest absolute Gasteiger partial charge is 0.0619 e. The molecule has 0 N–H and O–H groups in total. The van der Waals surface area contributed by atoms with Crippen LogP contribution < -0.4 is 4.90 Å². The van der Waals surface area contributed by atoms with Gasteiger partial charge in [-0.05, 0) is 104 Å². The van der Waals surface area contributed by atoms with Gasteiger partial charge in [0.2, 0.25) is 0 Å². The molecule has 11 aromatic carbocycles. The van der Waals surface area contributed by atoms with E-state index in [1.807, 2.05) is 0 Å². The average molecular weight is 815 g/mol. The molecule has 0 radical (unpaired) electrons. The summed E-state index contributed by atoms with van der Waals surface area (Å²) >= 11 is 0. The summed E-state index contributed by atoms with van der Waals surface area (Å²) in [5, 5.41) is 7.47. The molecule has 2 nitrogen and oxygen atoms in total. The Morgan fingerprint density at radius 1 is 0.266 bits per heavy atom. The number of nitrogens with zero attached hydrogens (tertiary/aromatic N) is 2. The van der Waals surface area contributed by atoms with E-state index in [0.29, 0.717) is 0 Å². The first-order valence-corrected chi connectivity index (χ1v) is 22.0. The molecule has 1 heterocycles. The second kappa shape index (κ2) is 15.8. The lowest BCUT2D eigenvalue weighted by Crippen LogP contribution is -2.10. The number of anilines is 3. The van der Waals surface area contributed by atoms with Crippen molar-refractivity contribution in [3.8, 4) is 50.2 Å². The Morgan fingerprint density at radius 2 is 0.797 bits per heavy atom. The van der Waals surface area contributed by atoms with E-state index < -0.39 is 0 Å². The van der Waals surface area contributed by atoms with Gasteiger partial charge in [0.1, 0.15) is 0 Å². The Labute approximate surface area is 373 Å². The minimum Gasteiger partial charge on any atom is -0.310 e. The van der Waals surface area contributed by atoms with E-state index in [-0.39, 0.29) is 0 Å². The fraction of sp³-hybridized carbons (Fsp3) is 0. The molecule has 0 bridgehead atoms. The molecule has 12 rings (SSSR count). The standard InChI is InChI=1S/C62H42N2/c1-3-17-43(18-4-1)47-22-15-24-50(41-47)63(51-25-16-23-48(42-51)53-40-39-52(44-19-5-2-6-20-44)56-28-9-10-29-57(53)56)49-36-33-46(34-37-49)54-26-11-13-31-60(54)64-61-32-14-12-30-58(61)59-38-35-45-21-7-8-27-55(45)62(59)64/h1-42H. The van der Waals surface area contributed by atoms with Gasteiger partial charge in [0.15, 0.2) is 0 Å². The van der Waals surface area contributed by atoms with E-state index >= 15 is 0 Å². The van der Waals surface area contributed by atoms with Crippen LogP contribution in [0.15, 0.2) is 255 Å². The third-order valence-electron chi connectivity index (χ3n) is 12.8. The lowest BCUT2D eigenvalue weighted by atomic mass is 9.92. The van der Waals surface area contributed by atoms with E-state index in [0.717, 1.165) is 28.3 Å². The number of rotatable bonds is 8. The molecule has 64 heavy (non-hydrogen) atoms. The maximum absolute atomic E-state index is 2.47. The molecule has 0 saturated heterocycles. The van der Waals surface area contributed by atoms with E-state index in [1.54, 1.807) is 0 Å². The van der Waals surface area contributed by atoms with Crippen molar-refractivity contribution in [2.75, 3.05) is 4.90 Å². The molecule has 0 aliphatic rings. The Balaban J connectivity index is 1.00. The van der Waals surface area contributed by atoms with Crippen molar-refractivity contribution in [2.45, 2.75) is 0 Å². The monoisotopic (exact) mass is 814 g/mol. The topological polar surface area (TPSA) is 8.17 Å². The molecule has 0 spiro atoms. The summed E-state index contributed by atoms with van der Waals surface area (Å²) < 4.78 is 2.47. The highest BCUT2D eigenvalue weighted by molar-refractivity contribution is 6.19. The quantitative estimate of drug-likeness (QED) is 0.148. The third-order valence-corrected chi connectivity index (χ3v) is 12.8. The summed E-state index contributed by atoms with van der Waals surface area (Å²) in [7, 11) is 0. The predicted molar refractivity (Wildman–Crippen MR) is 272 cm³/mol. The molecular weight excluding hydrogens is 773 g/mol. The van der Waals surface area contributed by atoms with E-state index in [2.05, 4.69) is 264 Å². The molecule has 0 fully saturated rings. The summed E-state index contributed by atoms with van der Waals surface area (Å²) in [6.07, 6.45) is 0. The van der Waals surface area contributed by atoms with Crippen LogP contribution in [0.4, 0.5) is 17.1 Å². The normalized spacial score (nSPS) is 11.4. The Morgan fingerprint density at radius 3 is 1.53 bits per heavy atom. The maximum Gasteiger partial charge on any atom is 0.0619 e. The zero-order chi connectivity index (χ0) is 42.4. The van der Waals surface area contributed by atoms with Gasteiger partial charge in [-0.15, -0.1) is 0 Å². The van der Waals surface area contributed by atoms with Gasteiger partial charge in [-0.25, -0.2) is 0 Å². The van der Waals surface area contributed by atoms with E-state index in [9.17, 15) is 0 Å². The van der Waals surface area contributed by atoms with Gasteiger partial charge >= 0.3 is 0 Å². The third kappa shape index (κ3) is 6.44. The van der Waals surface area contributed by atoms with Gasteiger partial charge in [-0.1, -0.05) is 206 Å². The van der Waals surface area contributed by atoms with Gasteiger partial charge < -0.3 is 9.47 Å². The highest BCUT2D eigenvalue weighted by Crippen LogP contribution is 2.43. The molecule has 0 aliphatic heterocycles. The van der Waals surface area contributed by atoms with Crippen molar-refractivity contribution >= 4 is 60.4 Å². The van der Waals surface area contributed by atoms with Crippen LogP contribution in [0.5, 0.6) is 0 Å². The molecular formula is C62H42N2. The Bertz CT molecular complexity index is 3660. The highest BCUT2D eigenvalue weighted by atomic mass is 15.1. The van der Waals surface area contributed by atoms with Crippen LogP contribution >= 0.6 is 0 Å². The van der Waals surface area contributed by atoms with Crippen molar-refractivity contribution in [2.24, 2.45) is 0 Å². The lowest BCUT2D eigenvalue weighted by Gasteiger charge is -2.27. The Hall–Kier alpha value is -8.46. The molecule has 12 aromatic rings. The van der Waals surface area contributed by atoms with E-state index in [4.69, 9.17) is 0 Å². The molecule has 0 unspecified atom stereocenters. The van der Waals surface area contributed by atoms with Crippen LogP contribution in [0.25, 0.3) is 93.5 Å². The maximum atomic E-state index is 2.47. The van der Waals surface area contributed by atoms with Crippen LogP contribution in [0.3, 0.4) is 0 Å². The summed E-state index contributed by atoms with van der Waals surface area (Å²) in [5.41, 5.74) is 16.4. The van der Waals surface area contributed by atoms with Crippen molar-refractivity contribution in [3.63, 3.8) is 0 Å². The predicted octanol–water partition coefficient (Wildman–Crippen LogP) is 17.2. The largest absolute Gasteiger partial charge is 0.310 e. The fourth-order valence-corrected chi connectivity index (χ4v) is 9.82. The number of benzene rings is 11. The minimum absolute atomic E-state index is 1.08. The summed E-state index contributed by atoms with van der Waals surface area (Å²) in [5.74, 6) is 0. The highest BCUT2D eigenvalue weighted by Gasteiger charge is 2.20. The number of aromatic nitrogens is 1. The van der Waals surface area contributed by atoms with Crippen LogP contribution in [0, 0.1) is 0 Å². The second-order valence-electron chi connectivity index (χ2n) is 16.5. The van der Waals surface area contributed by atoms with E-state index in [1.165, 1.54) is 82.3 Å². The summed E-state index contributed by atoms with van der Waals surface area (Å²) in [4.78, 5) is 2.39. The summed E-state index contributed by atoms with van der Waals surface area (Å²) in [6, 6.07) is 92.6. The van der Waals surface area contributed by atoms with Gasteiger partial charge in [0.05, 0.1) is 16.7 Å². The van der Waals surface area contributed by atoms with Crippen LogP contribution in [-0.2, 0) is 0 Å². The molecule has 1 aromatic heterocycles. The van der Waals surface area contributed by atoms with Gasteiger partial charge in [-0.3, -0.25) is 0 Å². The van der Waals surface area contributed by atoms with Gasteiger partial charge in [-0.2, -0.15) is 0 Å². The van der Waals surface area contributed by atoms with Crippen LogP contribution in [0.1, 0.15) is 0 Å². The second-order valence-corrected chi connectivity index (χ2v) is 16.5. The molecule has 0 atom stereocenters. The van der Waals surface area contributed by atoms with Crippen molar-refractivity contribution in [3.05, 3.63) is 255 Å². The van der Waals surface area contributed by atoms with Gasteiger partial charge in [0.25, 0.3) is 0 Å². The first-order chi connectivity index (χ1) is 31.8. The number of hydrogen-bond acceptors (Lipinski definition) is 1. The number of para-hydroxylation sites is 2. The molecule has 0 amide bonds. The minimum atomic E-state index is 1.08. The van der Waals surface area contributed by atoms with Crippen LogP contribution in [0.2, 0.25) is 0 Å². The SMILES string of the molecule is c1ccc(-c2cccc(N(c3ccc(-c4ccccc4-n4c5ccccc5c5ccc6ccccc6c54)cc3)c3cccc(-c4ccc(-c5ccccc5)c5ccccc45)c3)c2)cc1. The van der Waals surface area contributed by atoms with Crippen molar-refractivity contribution in [1.82, 2.24) is 4.57 Å². The fourth-order valence-electron chi connectivity index (χ4n) is 9.82.